The monoisotopic (exact) mass is 341 g/mol. The van der Waals surface area contributed by atoms with E-state index in [0.717, 1.165) is 12.8 Å². The first-order valence-corrected chi connectivity index (χ1v) is 8.19. The highest BCUT2D eigenvalue weighted by atomic mass is 16.5. The molecule has 0 heterocycles. The van der Waals surface area contributed by atoms with E-state index in [0.29, 0.717) is 17.7 Å². The van der Waals surface area contributed by atoms with Crippen LogP contribution in [0.1, 0.15) is 39.9 Å². The van der Waals surface area contributed by atoms with Crippen molar-refractivity contribution in [1.29, 1.82) is 0 Å². The lowest BCUT2D eigenvalue weighted by molar-refractivity contribution is -0.116. The van der Waals surface area contributed by atoms with Crippen LogP contribution < -0.4 is 5.32 Å². The summed E-state index contributed by atoms with van der Waals surface area (Å²) >= 11 is 0. The molecule has 0 radical (unpaired) electrons. The lowest BCUT2D eigenvalue weighted by atomic mass is 10.1. The first-order valence-electron chi connectivity index (χ1n) is 8.19. The van der Waals surface area contributed by atoms with Gasteiger partial charge in [-0.2, -0.15) is 0 Å². The summed E-state index contributed by atoms with van der Waals surface area (Å²) in [5, 5.41) is 11.9. The number of rotatable bonds is 8. The molecule has 5 nitrogen and oxygen atoms in total. The molecular formula is C20H23NO4. The van der Waals surface area contributed by atoms with Crippen molar-refractivity contribution >= 4 is 17.6 Å². The van der Waals surface area contributed by atoms with Gasteiger partial charge < -0.3 is 15.2 Å². The summed E-state index contributed by atoms with van der Waals surface area (Å²) < 4.78 is 5.04. The molecular weight excluding hydrogens is 318 g/mol. The number of carbonyl (C=O) groups excluding carboxylic acids is 1. The normalized spacial score (nSPS) is 10.5. The van der Waals surface area contributed by atoms with Crippen molar-refractivity contribution in [3.8, 4) is 0 Å². The lowest BCUT2D eigenvalue weighted by Gasteiger charge is -2.09. The second-order valence-corrected chi connectivity index (χ2v) is 6.04. The maximum atomic E-state index is 12.1. The molecule has 0 aromatic heterocycles. The third-order valence-electron chi connectivity index (χ3n) is 3.82. The van der Waals surface area contributed by atoms with Gasteiger partial charge in [0.15, 0.2) is 0 Å². The third kappa shape index (κ3) is 6.04. The van der Waals surface area contributed by atoms with Crippen LogP contribution >= 0.6 is 0 Å². The fourth-order valence-electron chi connectivity index (χ4n) is 2.57. The van der Waals surface area contributed by atoms with Gasteiger partial charge in [0.1, 0.15) is 0 Å². The van der Waals surface area contributed by atoms with Crippen LogP contribution in [0.15, 0.2) is 42.5 Å². The average molecular weight is 341 g/mol. The number of anilines is 1. The first-order chi connectivity index (χ1) is 12.0. The lowest BCUT2D eigenvalue weighted by Crippen LogP contribution is -2.12. The maximum absolute atomic E-state index is 12.1. The number of nitrogens with one attached hydrogen (secondary N) is 1. The number of hydrogen-bond acceptors (Lipinski definition) is 3. The Morgan fingerprint density at radius 2 is 1.80 bits per heavy atom. The highest BCUT2D eigenvalue weighted by molar-refractivity contribution is 5.94. The Bertz CT molecular complexity index is 738. The summed E-state index contributed by atoms with van der Waals surface area (Å²) in [4.78, 5) is 23.3. The molecule has 0 fully saturated rings. The molecule has 0 aliphatic carbocycles. The van der Waals surface area contributed by atoms with Gasteiger partial charge in [-0.15, -0.1) is 0 Å². The largest absolute Gasteiger partial charge is 0.478 e. The van der Waals surface area contributed by atoms with E-state index in [2.05, 4.69) is 29.6 Å². The van der Waals surface area contributed by atoms with Crippen LogP contribution in [0.4, 0.5) is 5.69 Å². The van der Waals surface area contributed by atoms with Crippen LogP contribution in [0, 0.1) is 6.92 Å². The molecule has 0 unspecified atom stereocenters. The van der Waals surface area contributed by atoms with E-state index >= 15 is 0 Å². The van der Waals surface area contributed by atoms with Crippen LogP contribution in [0.5, 0.6) is 0 Å². The van der Waals surface area contributed by atoms with Crippen LogP contribution in [0.25, 0.3) is 0 Å². The van der Waals surface area contributed by atoms with Crippen molar-refractivity contribution in [3.63, 3.8) is 0 Å². The molecule has 2 N–H and O–H groups in total. The van der Waals surface area contributed by atoms with E-state index < -0.39 is 5.97 Å². The predicted molar refractivity (Wildman–Crippen MR) is 96.9 cm³/mol. The van der Waals surface area contributed by atoms with Crippen molar-refractivity contribution in [2.24, 2.45) is 0 Å². The zero-order chi connectivity index (χ0) is 18.2. The topological polar surface area (TPSA) is 75.6 Å². The molecule has 132 valence electrons. The minimum Gasteiger partial charge on any atom is -0.478 e. The van der Waals surface area contributed by atoms with Crippen molar-refractivity contribution in [2.75, 3.05) is 12.4 Å². The molecule has 0 aliphatic rings. The Morgan fingerprint density at radius 3 is 2.44 bits per heavy atom. The maximum Gasteiger partial charge on any atom is 0.335 e. The molecule has 0 bridgehead atoms. The first kappa shape index (κ1) is 18.7. The summed E-state index contributed by atoms with van der Waals surface area (Å²) in [6, 6.07) is 13.0. The Morgan fingerprint density at radius 1 is 1.08 bits per heavy atom. The van der Waals surface area contributed by atoms with Crippen molar-refractivity contribution in [3.05, 3.63) is 64.7 Å². The molecule has 0 atom stereocenters. The van der Waals surface area contributed by atoms with Gasteiger partial charge in [-0.25, -0.2) is 4.79 Å². The van der Waals surface area contributed by atoms with Gasteiger partial charge in [0.05, 0.1) is 12.2 Å². The van der Waals surface area contributed by atoms with Gasteiger partial charge in [0.2, 0.25) is 5.91 Å². The molecule has 0 spiro atoms. The Labute approximate surface area is 147 Å². The number of methoxy groups -OCH3 is 1. The molecule has 2 rings (SSSR count). The summed E-state index contributed by atoms with van der Waals surface area (Å²) in [5.41, 5.74) is 3.73. The third-order valence-corrected chi connectivity index (χ3v) is 3.82. The van der Waals surface area contributed by atoms with Crippen molar-refractivity contribution in [1.82, 2.24) is 0 Å². The molecule has 0 saturated carbocycles. The highest BCUT2D eigenvalue weighted by Crippen LogP contribution is 2.17. The van der Waals surface area contributed by atoms with E-state index in [-0.39, 0.29) is 18.1 Å². The Kier molecular flexibility index (Phi) is 6.71. The number of carbonyl (C=O) groups is 2. The quantitative estimate of drug-likeness (QED) is 0.766. The standard InChI is InChI=1S/C20H23NO4/c1-14-6-8-15(9-7-14)4-3-5-19(22)21-18-11-16(13-25-2)10-17(12-18)20(23)24/h6-12H,3-5,13H2,1-2H3,(H,21,22)(H,23,24). The zero-order valence-corrected chi connectivity index (χ0v) is 14.5. The minimum atomic E-state index is -1.03. The molecule has 0 aliphatic heterocycles. The number of ether oxygens (including phenoxy) is 1. The molecule has 0 saturated heterocycles. The summed E-state index contributed by atoms with van der Waals surface area (Å²) in [6.45, 7) is 2.33. The van der Waals surface area contributed by atoms with E-state index in [1.165, 1.54) is 24.3 Å². The summed E-state index contributed by atoms with van der Waals surface area (Å²) in [5.74, 6) is -1.16. The second kappa shape index (κ2) is 8.99. The van der Waals surface area contributed by atoms with E-state index in [1.54, 1.807) is 12.1 Å². The summed E-state index contributed by atoms with van der Waals surface area (Å²) in [6.07, 6.45) is 1.95. The number of hydrogen-bond donors (Lipinski definition) is 2. The van der Waals surface area contributed by atoms with Gasteiger partial charge in [0, 0.05) is 19.2 Å². The molecule has 1 amide bonds. The van der Waals surface area contributed by atoms with Gasteiger partial charge in [-0.1, -0.05) is 29.8 Å². The van der Waals surface area contributed by atoms with E-state index in [9.17, 15) is 9.59 Å². The SMILES string of the molecule is COCc1cc(NC(=O)CCCc2ccc(C)cc2)cc(C(=O)O)c1. The van der Waals surface area contributed by atoms with Crippen LogP contribution in [0.2, 0.25) is 0 Å². The molecule has 2 aromatic carbocycles. The van der Waals surface area contributed by atoms with Gasteiger partial charge in [0.25, 0.3) is 0 Å². The summed E-state index contributed by atoms with van der Waals surface area (Å²) in [7, 11) is 1.54. The number of amides is 1. The molecule has 5 heteroatoms. The Balaban J connectivity index is 1.92. The second-order valence-electron chi connectivity index (χ2n) is 6.04. The Hall–Kier alpha value is -2.66. The van der Waals surface area contributed by atoms with Crippen molar-refractivity contribution in [2.45, 2.75) is 32.8 Å². The minimum absolute atomic E-state index is 0.127. The molecule has 25 heavy (non-hydrogen) atoms. The van der Waals surface area contributed by atoms with Crippen LogP contribution in [-0.2, 0) is 22.6 Å². The molecule has 2 aromatic rings. The van der Waals surface area contributed by atoms with E-state index in [4.69, 9.17) is 9.84 Å². The fraction of sp³-hybridized carbons (Fsp3) is 0.300. The van der Waals surface area contributed by atoms with Gasteiger partial charge in [-0.3, -0.25) is 4.79 Å². The average Bonchev–Trinajstić information content (AvgIpc) is 2.56. The van der Waals surface area contributed by atoms with Gasteiger partial charge in [-0.05, 0) is 49.1 Å². The predicted octanol–water partition coefficient (Wildman–Crippen LogP) is 3.80. The number of aryl methyl sites for hydroxylation is 2. The highest BCUT2D eigenvalue weighted by Gasteiger charge is 2.09. The number of aromatic carboxylic acids is 1. The van der Waals surface area contributed by atoms with E-state index in [1.807, 2.05) is 6.92 Å². The van der Waals surface area contributed by atoms with Gasteiger partial charge >= 0.3 is 5.97 Å². The number of benzene rings is 2. The number of carboxylic acid groups (broad SMARTS) is 1. The fourth-order valence-corrected chi connectivity index (χ4v) is 2.57. The smallest absolute Gasteiger partial charge is 0.335 e. The number of carboxylic acids is 1. The van der Waals surface area contributed by atoms with Crippen LogP contribution in [-0.4, -0.2) is 24.1 Å². The zero-order valence-electron chi connectivity index (χ0n) is 14.5. The van der Waals surface area contributed by atoms with Crippen LogP contribution in [0.3, 0.4) is 0 Å². The van der Waals surface area contributed by atoms with Crippen molar-refractivity contribution < 1.29 is 19.4 Å².